The van der Waals surface area contributed by atoms with Gasteiger partial charge in [-0.25, -0.2) is 0 Å². The number of aromatic nitrogens is 2. The molecule has 1 heterocycles. The summed E-state index contributed by atoms with van der Waals surface area (Å²) in [6.45, 7) is 5.03. The van der Waals surface area contributed by atoms with Gasteiger partial charge >= 0.3 is 0 Å². The molecule has 0 radical (unpaired) electrons. The summed E-state index contributed by atoms with van der Waals surface area (Å²) in [5.74, 6) is 0. The van der Waals surface area contributed by atoms with E-state index in [1.807, 2.05) is 37.0 Å². The molecule has 0 aliphatic rings. The molecular weight excluding hydrogens is 246 g/mol. The molecule has 1 aromatic carbocycles. The first kappa shape index (κ1) is 13.1. The van der Waals surface area contributed by atoms with Crippen molar-refractivity contribution in [3.8, 4) is 0 Å². The van der Waals surface area contributed by atoms with Crippen LogP contribution in [0.2, 0.25) is 5.02 Å². The maximum absolute atomic E-state index is 6.08. The van der Waals surface area contributed by atoms with Crippen LogP contribution in [0.1, 0.15) is 29.8 Å². The monoisotopic (exact) mass is 263 g/mol. The van der Waals surface area contributed by atoms with Crippen LogP contribution in [0.3, 0.4) is 0 Å². The fourth-order valence-electron chi connectivity index (χ4n) is 2.11. The Morgan fingerprint density at radius 1 is 1.39 bits per heavy atom. The summed E-state index contributed by atoms with van der Waals surface area (Å²) in [6.07, 6.45) is 1.82. The van der Waals surface area contributed by atoms with E-state index in [9.17, 15) is 0 Å². The molecule has 0 aliphatic heterocycles. The average molecular weight is 264 g/mol. The van der Waals surface area contributed by atoms with Crippen molar-refractivity contribution >= 4 is 11.6 Å². The van der Waals surface area contributed by atoms with Crippen LogP contribution in [0.5, 0.6) is 0 Å². The molecule has 0 saturated carbocycles. The molecule has 96 valence electrons. The van der Waals surface area contributed by atoms with E-state index in [0.717, 1.165) is 22.8 Å². The molecule has 4 heteroatoms. The van der Waals surface area contributed by atoms with E-state index in [-0.39, 0.29) is 6.04 Å². The molecule has 1 atom stereocenters. The minimum absolute atomic E-state index is 0.151. The summed E-state index contributed by atoms with van der Waals surface area (Å²) in [7, 11) is 1.96. The topological polar surface area (TPSA) is 29.9 Å². The van der Waals surface area contributed by atoms with E-state index in [2.05, 4.69) is 29.5 Å². The van der Waals surface area contributed by atoms with E-state index < -0.39 is 0 Å². The molecule has 1 unspecified atom stereocenters. The van der Waals surface area contributed by atoms with Gasteiger partial charge in [-0.05, 0) is 36.7 Å². The van der Waals surface area contributed by atoms with Crippen molar-refractivity contribution in [2.24, 2.45) is 7.05 Å². The molecule has 1 aromatic heterocycles. The van der Waals surface area contributed by atoms with Crippen LogP contribution in [0, 0.1) is 6.92 Å². The first-order chi connectivity index (χ1) is 8.63. The Hall–Kier alpha value is -1.32. The summed E-state index contributed by atoms with van der Waals surface area (Å²) < 4.78 is 1.90. The predicted molar refractivity (Wildman–Crippen MR) is 74.9 cm³/mol. The van der Waals surface area contributed by atoms with Crippen molar-refractivity contribution in [1.29, 1.82) is 0 Å². The molecule has 2 rings (SSSR count). The highest BCUT2D eigenvalue weighted by Crippen LogP contribution is 2.25. The Morgan fingerprint density at radius 3 is 2.72 bits per heavy atom. The van der Waals surface area contributed by atoms with Gasteiger partial charge in [-0.1, -0.05) is 30.7 Å². The molecule has 0 aliphatic carbocycles. The SMILES string of the molecule is CCNC(c1ccc(Cl)c(C)c1)c1ccnn1C. The first-order valence-electron chi connectivity index (χ1n) is 6.10. The zero-order chi connectivity index (χ0) is 13.1. The van der Waals surface area contributed by atoms with Crippen LogP contribution in [-0.4, -0.2) is 16.3 Å². The van der Waals surface area contributed by atoms with Crippen molar-refractivity contribution in [1.82, 2.24) is 15.1 Å². The Bertz CT molecular complexity index is 534. The standard InChI is InChI=1S/C14H18ClN3/c1-4-16-14(13-7-8-17-18(13)3)11-5-6-12(15)10(2)9-11/h5-9,14,16H,4H2,1-3H3. The fraction of sp³-hybridized carbons (Fsp3) is 0.357. The van der Waals surface area contributed by atoms with Gasteiger partial charge in [0.1, 0.15) is 0 Å². The Balaban J connectivity index is 2.41. The van der Waals surface area contributed by atoms with E-state index in [0.29, 0.717) is 0 Å². The molecule has 0 amide bonds. The Morgan fingerprint density at radius 2 is 2.17 bits per heavy atom. The number of benzene rings is 1. The van der Waals surface area contributed by atoms with Crippen molar-refractivity contribution in [2.45, 2.75) is 19.9 Å². The lowest BCUT2D eigenvalue weighted by atomic mass is 10.0. The second kappa shape index (κ2) is 5.55. The zero-order valence-corrected chi connectivity index (χ0v) is 11.7. The summed E-state index contributed by atoms with van der Waals surface area (Å²) >= 11 is 6.08. The van der Waals surface area contributed by atoms with Crippen LogP contribution in [0.15, 0.2) is 30.5 Å². The number of rotatable bonds is 4. The lowest BCUT2D eigenvalue weighted by molar-refractivity contribution is 0.572. The minimum Gasteiger partial charge on any atom is -0.305 e. The molecule has 1 N–H and O–H groups in total. The van der Waals surface area contributed by atoms with Gasteiger partial charge in [-0.15, -0.1) is 0 Å². The second-order valence-corrected chi connectivity index (χ2v) is 4.79. The van der Waals surface area contributed by atoms with Gasteiger partial charge in [0.25, 0.3) is 0 Å². The van der Waals surface area contributed by atoms with E-state index in [4.69, 9.17) is 11.6 Å². The van der Waals surface area contributed by atoms with Gasteiger partial charge in [0, 0.05) is 18.3 Å². The van der Waals surface area contributed by atoms with Crippen LogP contribution in [0.4, 0.5) is 0 Å². The summed E-state index contributed by atoms with van der Waals surface area (Å²) in [5, 5.41) is 8.53. The van der Waals surface area contributed by atoms with Crippen LogP contribution < -0.4 is 5.32 Å². The number of halogens is 1. The van der Waals surface area contributed by atoms with Gasteiger partial charge < -0.3 is 5.32 Å². The molecule has 3 nitrogen and oxygen atoms in total. The minimum atomic E-state index is 0.151. The third-order valence-electron chi connectivity index (χ3n) is 3.08. The number of hydrogen-bond donors (Lipinski definition) is 1. The van der Waals surface area contributed by atoms with Crippen molar-refractivity contribution in [3.63, 3.8) is 0 Å². The third kappa shape index (κ3) is 2.57. The highest BCUT2D eigenvalue weighted by Gasteiger charge is 2.16. The predicted octanol–water partition coefficient (Wildman–Crippen LogP) is 3.08. The van der Waals surface area contributed by atoms with Crippen LogP contribution >= 0.6 is 11.6 Å². The number of hydrogen-bond acceptors (Lipinski definition) is 2. The summed E-state index contributed by atoms with van der Waals surface area (Å²) in [6, 6.07) is 8.33. The highest BCUT2D eigenvalue weighted by atomic mass is 35.5. The molecule has 0 bridgehead atoms. The number of aryl methyl sites for hydroxylation is 2. The quantitative estimate of drug-likeness (QED) is 0.919. The smallest absolute Gasteiger partial charge is 0.0748 e. The van der Waals surface area contributed by atoms with E-state index in [1.165, 1.54) is 5.56 Å². The van der Waals surface area contributed by atoms with Gasteiger partial charge in [-0.3, -0.25) is 4.68 Å². The lowest BCUT2D eigenvalue weighted by Gasteiger charge is -2.19. The Labute approximate surface area is 113 Å². The molecule has 0 saturated heterocycles. The molecule has 0 fully saturated rings. The van der Waals surface area contributed by atoms with Gasteiger partial charge in [-0.2, -0.15) is 5.10 Å². The highest BCUT2D eigenvalue weighted by molar-refractivity contribution is 6.31. The van der Waals surface area contributed by atoms with E-state index >= 15 is 0 Å². The van der Waals surface area contributed by atoms with Crippen molar-refractivity contribution < 1.29 is 0 Å². The fourth-order valence-corrected chi connectivity index (χ4v) is 2.23. The van der Waals surface area contributed by atoms with Crippen molar-refractivity contribution in [2.75, 3.05) is 6.54 Å². The Kier molecular flexibility index (Phi) is 4.04. The first-order valence-corrected chi connectivity index (χ1v) is 6.48. The maximum atomic E-state index is 6.08. The maximum Gasteiger partial charge on any atom is 0.0748 e. The van der Waals surface area contributed by atoms with E-state index in [1.54, 1.807) is 0 Å². The number of nitrogens with one attached hydrogen (secondary N) is 1. The van der Waals surface area contributed by atoms with Gasteiger partial charge in [0.15, 0.2) is 0 Å². The third-order valence-corrected chi connectivity index (χ3v) is 3.50. The molecule has 18 heavy (non-hydrogen) atoms. The van der Waals surface area contributed by atoms with Crippen molar-refractivity contribution in [3.05, 3.63) is 52.3 Å². The lowest BCUT2D eigenvalue weighted by Crippen LogP contribution is -2.24. The summed E-state index contributed by atoms with van der Waals surface area (Å²) in [4.78, 5) is 0. The van der Waals surface area contributed by atoms with Gasteiger partial charge in [0.05, 0.1) is 11.7 Å². The molecule has 0 spiro atoms. The summed E-state index contributed by atoms with van der Waals surface area (Å²) in [5.41, 5.74) is 3.46. The van der Waals surface area contributed by atoms with Gasteiger partial charge in [0.2, 0.25) is 0 Å². The largest absolute Gasteiger partial charge is 0.305 e. The molecular formula is C14H18ClN3. The average Bonchev–Trinajstić information content (AvgIpc) is 2.76. The number of nitrogens with zero attached hydrogens (tertiary/aromatic N) is 2. The van der Waals surface area contributed by atoms with Crippen LogP contribution in [0.25, 0.3) is 0 Å². The normalized spacial score (nSPS) is 12.7. The van der Waals surface area contributed by atoms with Crippen LogP contribution in [-0.2, 0) is 7.05 Å². The second-order valence-electron chi connectivity index (χ2n) is 4.38. The molecule has 2 aromatic rings. The zero-order valence-electron chi connectivity index (χ0n) is 10.9.